The van der Waals surface area contributed by atoms with E-state index < -0.39 is 0 Å². The summed E-state index contributed by atoms with van der Waals surface area (Å²) in [5, 5.41) is -0.0414. The highest BCUT2D eigenvalue weighted by Gasteiger charge is 2.70. The number of fused-ring (bicyclic) bond motifs is 7. The van der Waals surface area contributed by atoms with E-state index in [-0.39, 0.29) is 27.5 Å². The summed E-state index contributed by atoms with van der Waals surface area (Å²) in [5.74, 6) is 3.17. The van der Waals surface area contributed by atoms with Gasteiger partial charge in [-0.25, -0.2) is 0 Å². The smallest absolute Gasteiger partial charge is 0.311 e. The van der Waals surface area contributed by atoms with Crippen LogP contribution in [0.2, 0.25) is 0 Å². The van der Waals surface area contributed by atoms with Gasteiger partial charge in [0.25, 0.3) is 0 Å². The van der Waals surface area contributed by atoms with Gasteiger partial charge in [-0.15, -0.1) is 0 Å². The van der Waals surface area contributed by atoms with Gasteiger partial charge in [0.05, 0.1) is 5.76 Å². The van der Waals surface area contributed by atoms with E-state index in [2.05, 4.69) is 41.2 Å². The van der Waals surface area contributed by atoms with Crippen molar-refractivity contribution in [3.63, 3.8) is 0 Å². The van der Waals surface area contributed by atoms with Crippen LogP contribution in [0.25, 0.3) is 0 Å². The maximum atomic E-state index is 12.7. The molecule has 0 aromatic rings. The van der Waals surface area contributed by atoms with Gasteiger partial charge in [-0.1, -0.05) is 47.6 Å². The second kappa shape index (κ2) is 8.59. The molecule has 0 unspecified atom stereocenters. The number of rotatable bonds is 4. The van der Waals surface area contributed by atoms with Crippen LogP contribution in [-0.2, 0) is 14.3 Å². The SMILES string of the molecule is C=C(C)OC(=O)C[C@@H]1CC[C@]2(C)[C@H](CC[C@]3(C)[C@@H]2CC[C@@H]2[C@H]4CCC[C@]4(C(=O)Cl)CC[C@]23C)C1(C)C. The highest BCUT2D eigenvalue weighted by atomic mass is 35.5. The molecule has 5 aliphatic rings. The third-order valence-corrected chi connectivity index (χ3v) is 14.1. The lowest BCUT2D eigenvalue weighted by Gasteiger charge is -2.72. The van der Waals surface area contributed by atoms with Crippen LogP contribution in [0.5, 0.6) is 0 Å². The summed E-state index contributed by atoms with van der Waals surface area (Å²) in [4.78, 5) is 25.3. The molecule has 0 saturated heterocycles. The number of allylic oxidation sites excluding steroid dienone is 1. The zero-order valence-electron chi connectivity index (χ0n) is 23.7. The van der Waals surface area contributed by atoms with Crippen molar-refractivity contribution < 1.29 is 14.3 Å². The van der Waals surface area contributed by atoms with Gasteiger partial charge in [-0.2, -0.15) is 0 Å². The van der Waals surface area contributed by atoms with Crippen LogP contribution in [0, 0.1) is 56.7 Å². The molecule has 0 aliphatic heterocycles. The van der Waals surface area contributed by atoms with E-state index in [9.17, 15) is 9.59 Å². The fourth-order valence-electron chi connectivity index (χ4n) is 11.8. The molecule has 9 atom stereocenters. The normalized spacial score (nSPS) is 49.1. The van der Waals surface area contributed by atoms with Crippen LogP contribution in [0.1, 0.15) is 119 Å². The molecule has 0 amide bonds. The first-order chi connectivity index (χ1) is 16.7. The molecule has 4 heteroatoms. The first kappa shape index (κ1) is 26.8. The quantitative estimate of drug-likeness (QED) is 0.213. The van der Waals surface area contributed by atoms with Gasteiger partial charge in [0, 0.05) is 11.8 Å². The summed E-state index contributed by atoms with van der Waals surface area (Å²) in [6.45, 7) is 18.2. The zero-order valence-corrected chi connectivity index (χ0v) is 24.4. The molecule has 202 valence electrons. The Hall–Kier alpha value is -0.830. The van der Waals surface area contributed by atoms with Gasteiger partial charge in [0.2, 0.25) is 5.24 Å². The van der Waals surface area contributed by atoms with Crippen LogP contribution < -0.4 is 0 Å². The lowest BCUT2D eigenvalue weighted by Crippen LogP contribution is -2.66. The monoisotopic (exact) mass is 516 g/mol. The van der Waals surface area contributed by atoms with E-state index in [0.717, 1.165) is 25.7 Å². The Bertz CT molecular complexity index is 955. The van der Waals surface area contributed by atoms with E-state index >= 15 is 0 Å². The second-order valence-electron chi connectivity index (χ2n) is 15.0. The van der Waals surface area contributed by atoms with Crippen molar-refractivity contribution >= 4 is 22.8 Å². The van der Waals surface area contributed by atoms with Crippen LogP contribution in [-0.4, -0.2) is 11.2 Å². The van der Waals surface area contributed by atoms with E-state index in [4.69, 9.17) is 16.3 Å². The molecule has 3 nitrogen and oxygen atoms in total. The Morgan fingerprint density at radius 1 is 0.833 bits per heavy atom. The summed E-state index contributed by atoms with van der Waals surface area (Å²) in [5.41, 5.74) is 0.743. The molecule has 0 radical (unpaired) electrons. The summed E-state index contributed by atoms with van der Waals surface area (Å²) >= 11 is 6.34. The fraction of sp³-hybridized carbons (Fsp3) is 0.875. The molecule has 5 saturated carbocycles. The Labute approximate surface area is 224 Å². The number of carbonyl (C=O) groups excluding carboxylic acids is 2. The molecule has 0 aromatic heterocycles. The molecule has 5 fully saturated rings. The Balaban J connectivity index is 1.43. The summed E-state index contributed by atoms with van der Waals surface area (Å²) in [7, 11) is 0. The van der Waals surface area contributed by atoms with E-state index in [1.54, 1.807) is 6.92 Å². The highest BCUT2D eigenvalue weighted by molar-refractivity contribution is 6.64. The fourth-order valence-corrected chi connectivity index (χ4v) is 12.1. The van der Waals surface area contributed by atoms with E-state index in [1.165, 1.54) is 44.9 Å². The van der Waals surface area contributed by atoms with E-state index in [0.29, 0.717) is 52.6 Å². The molecule has 0 bridgehead atoms. The number of esters is 1. The molecule has 36 heavy (non-hydrogen) atoms. The predicted octanol–water partition coefficient (Wildman–Crippen LogP) is 8.69. The molecule has 0 N–H and O–H groups in total. The minimum atomic E-state index is -0.242. The van der Waals surface area contributed by atoms with Gasteiger partial charge in [-0.05, 0) is 134 Å². The number of ether oxygens (including phenoxy) is 1. The average Bonchev–Trinajstić information content (AvgIpc) is 3.21. The largest absolute Gasteiger partial charge is 0.432 e. The number of halogens is 1. The van der Waals surface area contributed by atoms with Gasteiger partial charge in [0.15, 0.2) is 0 Å². The van der Waals surface area contributed by atoms with Crippen molar-refractivity contribution in [3.05, 3.63) is 12.3 Å². The maximum absolute atomic E-state index is 12.7. The maximum Gasteiger partial charge on any atom is 0.311 e. The second-order valence-corrected chi connectivity index (χ2v) is 15.4. The number of hydrogen-bond acceptors (Lipinski definition) is 3. The summed E-state index contributed by atoms with van der Waals surface area (Å²) in [6.07, 6.45) is 13.4. The Kier molecular flexibility index (Phi) is 6.38. The average molecular weight is 517 g/mol. The Morgan fingerprint density at radius 2 is 1.56 bits per heavy atom. The van der Waals surface area contributed by atoms with Gasteiger partial charge in [0.1, 0.15) is 0 Å². The zero-order chi connectivity index (χ0) is 26.3. The lowest BCUT2D eigenvalue weighted by molar-refractivity contribution is -0.239. The van der Waals surface area contributed by atoms with Crippen molar-refractivity contribution in [2.24, 2.45) is 56.7 Å². The highest BCUT2D eigenvalue weighted by Crippen LogP contribution is 2.77. The first-order valence-corrected chi connectivity index (χ1v) is 15.2. The third kappa shape index (κ3) is 3.49. The van der Waals surface area contributed by atoms with Gasteiger partial charge >= 0.3 is 5.97 Å². The number of hydrogen-bond donors (Lipinski definition) is 0. The first-order valence-electron chi connectivity index (χ1n) is 14.8. The van der Waals surface area contributed by atoms with E-state index in [1.807, 2.05) is 0 Å². The molecule has 0 heterocycles. The molecule has 0 aromatic carbocycles. The van der Waals surface area contributed by atoms with Crippen LogP contribution >= 0.6 is 11.6 Å². The summed E-state index contributed by atoms with van der Waals surface area (Å²) < 4.78 is 5.37. The van der Waals surface area contributed by atoms with Crippen molar-refractivity contribution in [2.75, 3.05) is 0 Å². The molecule has 0 spiro atoms. The van der Waals surface area contributed by atoms with Crippen molar-refractivity contribution in [3.8, 4) is 0 Å². The van der Waals surface area contributed by atoms with Crippen LogP contribution in [0.15, 0.2) is 12.3 Å². The summed E-state index contributed by atoms with van der Waals surface area (Å²) in [6, 6.07) is 0. The standard InChI is InChI=1S/C32H49ClO3/c1-20(2)36-26(34)19-21-12-15-29(5)24(28(21,3)4)13-16-31(7)25(29)11-10-22-23-9-8-14-32(23,27(33)35)18-17-30(22,31)6/h21-25H,1,8-19H2,2-7H3/t21-,22+,23+,24+,25+,29+,30+,31+,32-/m0/s1. The van der Waals surface area contributed by atoms with Gasteiger partial charge in [-0.3, -0.25) is 9.59 Å². The Morgan fingerprint density at radius 3 is 2.22 bits per heavy atom. The minimum absolute atomic E-state index is 0.0414. The van der Waals surface area contributed by atoms with Crippen molar-refractivity contribution in [1.82, 2.24) is 0 Å². The molecular weight excluding hydrogens is 468 g/mol. The van der Waals surface area contributed by atoms with Crippen LogP contribution in [0.4, 0.5) is 0 Å². The number of carbonyl (C=O) groups is 2. The minimum Gasteiger partial charge on any atom is -0.432 e. The third-order valence-electron chi connectivity index (χ3n) is 13.7. The lowest BCUT2D eigenvalue weighted by atomic mass is 9.32. The van der Waals surface area contributed by atoms with Crippen LogP contribution in [0.3, 0.4) is 0 Å². The topological polar surface area (TPSA) is 43.4 Å². The molecule has 5 rings (SSSR count). The predicted molar refractivity (Wildman–Crippen MR) is 145 cm³/mol. The van der Waals surface area contributed by atoms with Crippen molar-refractivity contribution in [1.29, 1.82) is 0 Å². The van der Waals surface area contributed by atoms with Gasteiger partial charge < -0.3 is 4.74 Å². The molecule has 5 aliphatic carbocycles. The molecular formula is C32H49ClO3. The van der Waals surface area contributed by atoms with Crippen molar-refractivity contribution in [2.45, 2.75) is 119 Å².